The Labute approximate surface area is 185 Å². The third-order valence-electron chi connectivity index (χ3n) is 5.40. The lowest BCUT2D eigenvalue weighted by molar-refractivity contribution is -0.132. The Morgan fingerprint density at radius 3 is 2.32 bits per heavy atom. The number of halogens is 1. The quantitative estimate of drug-likeness (QED) is 0.336. The third kappa shape index (κ3) is 3.84. The lowest BCUT2D eigenvalue weighted by Crippen LogP contribution is -2.29. The number of carbonyl (C=O) groups is 2. The number of anilines is 1. The molecule has 6 heteroatoms. The van der Waals surface area contributed by atoms with Crippen molar-refractivity contribution in [2.45, 2.75) is 25.8 Å². The minimum atomic E-state index is -0.785. The van der Waals surface area contributed by atoms with Crippen LogP contribution >= 0.6 is 11.6 Å². The van der Waals surface area contributed by atoms with Gasteiger partial charge in [0, 0.05) is 28.7 Å². The van der Waals surface area contributed by atoms with Crippen molar-refractivity contribution in [3.8, 4) is 0 Å². The molecule has 1 aliphatic heterocycles. The first-order chi connectivity index (χ1) is 14.9. The Kier molecular flexibility index (Phi) is 5.61. The number of hydrogen-bond donors (Lipinski definition) is 1. The second-order valence-corrected chi connectivity index (χ2v) is 8.14. The molecule has 1 unspecified atom stereocenters. The van der Waals surface area contributed by atoms with Gasteiger partial charge in [0.15, 0.2) is 0 Å². The highest BCUT2D eigenvalue weighted by atomic mass is 35.5. The number of ketones is 1. The molecule has 1 amide bonds. The first-order valence-electron chi connectivity index (χ1n) is 9.95. The van der Waals surface area contributed by atoms with Crippen molar-refractivity contribution >= 4 is 34.7 Å². The molecule has 2 aromatic carbocycles. The summed E-state index contributed by atoms with van der Waals surface area (Å²) in [7, 11) is 0. The first-order valence-corrected chi connectivity index (χ1v) is 10.3. The van der Waals surface area contributed by atoms with Crippen molar-refractivity contribution in [3.63, 3.8) is 0 Å². The molecule has 31 heavy (non-hydrogen) atoms. The Hall–Kier alpha value is -3.44. The van der Waals surface area contributed by atoms with E-state index in [0.717, 1.165) is 5.56 Å². The van der Waals surface area contributed by atoms with E-state index in [1.54, 1.807) is 48.8 Å². The van der Waals surface area contributed by atoms with E-state index in [2.05, 4.69) is 18.8 Å². The Morgan fingerprint density at radius 1 is 1.03 bits per heavy atom. The van der Waals surface area contributed by atoms with Gasteiger partial charge in [-0.05, 0) is 53.4 Å². The second kappa shape index (κ2) is 8.36. The van der Waals surface area contributed by atoms with Crippen LogP contribution in [0.5, 0.6) is 0 Å². The lowest BCUT2D eigenvalue weighted by atomic mass is 9.95. The topological polar surface area (TPSA) is 70.5 Å². The van der Waals surface area contributed by atoms with Gasteiger partial charge in [0.25, 0.3) is 11.7 Å². The van der Waals surface area contributed by atoms with Gasteiger partial charge in [0.05, 0.1) is 11.6 Å². The Morgan fingerprint density at radius 2 is 1.71 bits per heavy atom. The predicted molar refractivity (Wildman–Crippen MR) is 121 cm³/mol. The van der Waals surface area contributed by atoms with E-state index in [9.17, 15) is 14.7 Å². The number of aliphatic hydroxyl groups is 1. The van der Waals surface area contributed by atoms with E-state index < -0.39 is 17.7 Å². The van der Waals surface area contributed by atoms with Gasteiger partial charge in [0.1, 0.15) is 5.76 Å². The largest absolute Gasteiger partial charge is 0.507 e. The number of amides is 1. The van der Waals surface area contributed by atoms with Crippen LogP contribution in [0.2, 0.25) is 5.02 Å². The van der Waals surface area contributed by atoms with Gasteiger partial charge >= 0.3 is 0 Å². The van der Waals surface area contributed by atoms with E-state index in [4.69, 9.17) is 11.6 Å². The predicted octanol–water partition coefficient (Wildman–Crippen LogP) is 5.48. The number of aromatic nitrogens is 1. The van der Waals surface area contributed by atoms with Crippen LogP contribution in [0.15, 0.2) is 78.6 Å². The van der Waals surface area contributed by atoms with Crippen molar-refractivity contribution in [2.24, 2.45) is 0 Å². The van der Waals surface area contributed by atoms with Gasteiger partial charge in [-0.25, -0.2) is 0 Å². The molecule has 4 rings (SSSR count). The number of aliphatic hydroxyl groups excluding tert-OH is 1. The van der Waals surface area contributed by atoms with E-state index in [1.165, 1.54) is 4.90 Å². The zero-order valence-corrected chi connectivity index (χ0v) is 17.9. The monoisotopic (exact) mass is 432 g/mol. The molecule has 5 nitrogen and oxygen atoms in total. The molecule has 1 atom stereocenters. The summed E-state index contributed by atoms with van der Waals surface area (Å²) in [4.78, 5) is 31.7. The van der Waals surface area contributed by atoms with Gasteiger partial charge in [-0.15, -0.1) is 0 Å². The summed E-state index contributed by atoms with van der Waals surface area (Å²) in [6, 6.07) is 16.8. The van der Waals surface area contributed by atoms with Crippen molar-refractivity contribution in [1.29, 1.82) is 0 Å². The van der Waals surface area contributed by atoms with Crippen LogP contribution < -0.4 is 4.90 Å². The average Bonchev–Trinajstić information content (AvgIpc) is 3.04. The minimum absolute atomic E-state index is 0.0198. The van der Waals surface area contributed by atoms with Gasteiger partial charge in [-0.2, -0.15) is 0 Å². The molecule has 1 aromatic heterocycles. The molecular formula is C25H21ClN2O3. The van der Waals surface area contributed by atoms with Crippen LogP contribution in [0, 0.1) is 0 Å². The maximum Gasteiger partial charge on any atom is 0.300 e. The van der Waals surface area contributed by atoms with Crippen LogP contribution in [-0.2, 0) is 9.59 Å². The van der Waals surface area contributed by atoms with E-state index >= 15 is 0 Å². The van der Waals surface area contributed by atoms with Crippen molar-refractivity contribution < 1.29 is 14.7 Å². The molecule has 1 fully saturated rings. The van der Waals surface area contributed by atoms with Crippen LogP contribution in [0.3, 0.4) is 0 Å². The van der Waals surface area contributed by atoms with Gasteiger partial charge in [0.2, 0.25) is 0 Å². The number of pyridine rings is 1. The number of benzene rings is 2. The maximum atomic E-state index is 13.1. The molecule has 0 saturated carbocycles. The highest BCUT2D eigenvalue weighted by Gasteiger charge is 2.46. The molecular weight excluding hydrogens is 412 g/mol. The minimum Gasteiger partial charge on any atom is -0.507 e. The summed E-state index contributed by atoms with van der Waals surface area (Å²) >= 11 is 6.07. The second-order valence-electron chi connectivity index (χ2n) is 7.71. The van der Waals surface area contributed by atoms with Crippen molar-refractivity contribution in [3.05, 3.63) is 100 Å². The van der Waals surface area contributed by atoms with Gasteiger partial charge < -0.3 is 5.11 Å². The number of hydrogen-bond acceptors (Lipinski definition) is 4. The molecule has 2 heterocycles. The fourth-order valence-electron chi connectivity index (χ4n) is 3.77. The van der Waals surface area contributed by atoms with Crippen molar-refractivity contribution in [2.75, 3.05) is 4.90 Å². The van der Waals surface area contributed by atoms with Crippen molar-refractivity contribution in [1.82, 2.24) is 4.98 Å². The first kappa shape index (κ1) is 20.8. The standard InChI is InChI=1S/C25H21ClN2O3/c1-15(2)16-6-8-20(9-7-16)28-22(17-10-12-27-13-11-17)21(24(30)25(28)31)23(29)18-4-3-5-19(26)14-18/h3-15,22,29H,1-2H3/b23-21-. The summed E-state index contributed by atoms with van der Waals surface area (Å²) < 4.78 is 0. The lowest BCUT2D eigenvalue weighted by Gasteiger charge is -2.25. The normalized spacial score (nSPS) is 18.1. The molecule has 1 aliphatic rings. The molecule has 1 N–H and O–H groups in total. The molecule has 1 saturated heterocycles. The van der Waals surface area contributed by atoms with E-state index in [-0.39, 0.29) is 11.3 Å². The highest BCUT2D eigenvalue weighted by Crippen LogP contribution is 2.42. The summed E-state index contributed by atoms with van der Waals surface area (Å²) in [5.41, 5.74) is 2.77. The molecule has 3 aromatic rings. The molecule has 156 valence electrons. The van der Waals surface area contributed by atoms with E-state index in [1.807, 2.05) is 24.3 Å². The summed E-state index contributed by atoms with van der Waals surface area (Å²) in [6.45, 7) is 4.17. The summed E-state index contributed by atoms with van der Waals surface area (Å²) in [5, 5.41) is 11.5. The third-order valence-corrected chi connectivity index (χ3v) is 5.64. The summed E-state index contributed by atoms with van der Waals surface area (Å²) in [5.74, 6) is -1.36. The SMILES string of the molecule is CC(C)c1ccc(N2C(=O)C(=O)/C(=C(\O)c3cccc(Cl)c3)C2c2ccncc2)cc1. The molecule has 0 radical (unpaired) electrons. The van der Waals surface area contributed by atoms with Crippen LogP contribution in [0.4, 0.5) is 5.69 Å². The smallest absolute Gasteiger partial charge is 0.300 e. The number of carbonyl (C=O) groups excluding carboxylic acids is 2. The van der Waals surface area contributed by atoms with Crippen LogP contribution in [0.1, 0.15) is 42.5 Å². The zero-order chi connectivity index (χ0) is 22.1. The summed E-state index contributed by atoms with van der Waals surface area (Å²) in [6.07, 6.45) is 3.19. The Bertz CT molecular complexity index is 1170. The fraction of sp³-hybridized carbons (Fsp3) is 0.160. The maximum absolute atomic E-state index is 13.1. The zero-order valence-electron chi connectivity index (χ0n) is 17.1. The van der Waals surface area contributed by atoms with E-state index in [0.29, 0.717) is 27.8 Å². The number of Topliss-reactive ketones (excluding diaryl/α,β-unsaturated/α-hetero) is 1. The number of rotatable bonds is 4. The van der Waals surface area contributed by atoms with Gasteiger partial charge in [-0.3, -0.25) is 19.5 Å². The Balaban J connectivity index is 1.90. The number of nitrogens with zero attached hydrogens (tertiary/aromatic N) is 2. The molecule has 0 aliphatic carbocycles. The highest BCUT2D eigenvalue weighted by molar-refractivity contribution is 6.51. The molecule has 0 bridgehead atoms. The average molecular weight is 433 g/mol. The van der Waals surface area contributed by atoms with Crippen LogP contribution in [-0.4, -0.2) is 21.8 Å². The fourth-order valence-corrected chi connectivity index (χ4v) is 3.96. The molecule has 0 spiro atoms. The van der Waals surface area contributed by atoms with Crippen LogP contribution in [0.25, 0.3) is 5.76 Å². The van der Waals surface area contributed by atoms with Gasteiger partial charge in [-0.1, -0.05) is 49.7 Å².